The van der Waals surface area contributed by atoms with E-state index in [1.807, 2.05) is 12.3 Å². The van der Waals surface area contributed by atoms with Crippen LogP contribution in [0.25, 0.3) is 11.3 Å². The summed E-state index contributed by atoms with van der Waals surface area (Å²) in [6.45, 7) is 0. The SMILES string of the molecule is NC(CC(=O)O)c1ncc(-c2cc[nH]c2)[nH]1. The molecule has 2 aromatic rings. The Bertz CT molecular complexity index is 475. The maximum Gasteiger partial charge on any atom is 0.305 e. The summed E-state index contributed by atoms with van der Waals surface area (Å²) in [6.07, 6.45) is 5.12. The number of H-pyrrole nitrogens is 2. The molecule has 16 heavy (non-hydrogen) atoms. The van der Waals surface area contributed by atoms with Crippen LogP contribution in [-0.4, -0.2) is 26.0 Å². The molecule has 2 heterocycles. The van der Waals surface area contributed by atoms with Crippen LogP contribution < -0.4 is 5.73 Å². The third-order valence-corrected chi connectivity index (χ3v) is 2.25. The monoisotopic (exact) mass is 220 g/mol. The lowest BCUT2D eigenvalue weighted by Crippen LogP contribution is -2.16. The fraction of sp³-hybridized carbons (Fsp3) is 0.200. The van der Waals surface area contributed by atoms with E-state index in [-0.39, 0.29) is 6.42 Å². The summed E-state index contributed by atoms with van der Waals surface area (Å²) in [4.78, 5) is 20.5. The van der Waals surface area contributed by atoms with Crippen molar-refractivity contribution in [2.24, 2.45) is 5.73 Å². The van der Waals surface area contributed by atoms with E-state index < -0.39 is 12.0 Å². The number of aliphatic carboxylic acids is 1. The molecule has 1 atom stereocenters. The first-order valence-electron chi connectivity index (χ1n) is 4.82. The van der Waals surface area contributed by atoms with Gasteiger partial charge >= 0.3 is 5.97 Å². The number of imidazole rings is 1. The third kappa shape index (κ3) is 2.12. The first-order valence-corrected chi connectivity index (χ1v) is 4.82. The smallest absolute Gasteiger partial charge is 0.305 e. The highest BCUT2D eigenvalue weighted by atomic mass is 16.4. The number of hydrogen-bond acceptors (Lipinski definition) is 3. The Hall–Kier alpha value is -2.08. The van der Waals surface area contributed by atoms with Crippen molar-refractivity contribution in [3.63, 3.8) is 0 Å². The molecule has 0 amide bonds. The summed E-state index contributed by atoms with van der Waals surface area (Å²) in [5, 5.41) is 8.61. The van der Waals surface area contributed by atoms with Crippen LogP contribution in [0, 0.1) is 0 Å². The second-order valence-electron chi connectivity index (χ2n) is 3.49. The maximum atomic E-state index is 10.5. The van der Waals surface area contributed by atoms with Gasteiger partial charge in [0.25, 0.3) is 0 Å². The largest absolute Gasteiger partial charge is 0.481 e. The van der Waals surface area contributed by atoms with Gasteiger partial charge < -0.3 is 20.8 Å². The molecule has 2 rings (SSSR count). The molecule has 0 radical (unpaired) electrons. The third-order valence-electron chi connectivity index (χ3n) is 2.25. The lowest BCUT2D eigenvalue weighted by atomic mass is 10.2. The molecule has 2 aromatic heterocycles. The van der Waals surface area contributed by atoms with E-state index in [1.165, 1.54) is 0 Å². The second kappa shape index (κ2) is 4.19. The Morgan fingerprint density at radius 1 is 1.62 bits per heavy atom. The van der Waals surface area contributed by atoms with Crippen LogP contribution >= 0.6 is 0 Å². The van der Waals surface area contributed by atoms with Gasteiger partial charge in [0.2, 0.25) is 0 Å². The number of nitrogens with one attached hydrogen (secondary N) is 2. The fourth-order valence-electron chi connectivity index (χ4n) is 1.45. The Morgan fingerprint density at radius 3 is 3.06 bits per heavy atom. The molecule has 0 fully saturated rings. The van der Waals surface area contributed by atoms with Crippen molar-refractivity contribution in [1.29, 1.82) is 0 Å². The highest BCUT2D eigenvalue weighted by Crippen LogP contribution is 2.18. The number of aromatic nitrogens is 3. The number of aromatic amines is 2. The highest BCUT2D eigenvalue weighted by Gasteiger charge is 2.14. The molecule has 0 aromatic carbocycles. The molecular weight excluding hydrogens is 208 g/mol. The lowest BCUT2D eigenvalue weighted by molar-refractivity contribution is -0.137. The van der Waals surface area contributed by atoms with E-state index in [9.17, 15) is 4.79 Å². The van der Waals surface area contributed by atoms with Crippen molar-refractivity contribution >= 4 is 5.97 Å². The first-order chi connectivity index (χ1) is 7.66. The number of carboxylic acid groups (broad SMARTS) is 1. The Balaban J connectivity index is 2.16. The van der Waals surface area contributed by atoms with Crippen molar-refractivity contribution in [2.75, 3.05) is 0 Å². The molecular formula is C10H12N4O2. The van der Waals surface area contributed by atoms with E-state index in [1.54, 1.807) is 12.4 Å². The Morgan fingerprint density at radius 2 is 2.44 bits per heavy atom. The van der Waals surface area contributed by atoms with Crippen molar-refractivity contribution in [1.82, 2.24) is 15.0 Å². The molecule has 84 valence electrons. The highest BCUT2D eigenvalue weighted by molar-refractivity contribution is 5.67. The van der Waals surface area contributed by atoms with Gasteiger partial charge in [-0.05, 0) is 6.07 Å². The average Bonchev–Trinajstić information content (AvgIpc) is 2.87. The van der Waals surface area contributed by atoms with Crippen LogP contribution in [0.5, 0.6) is 0 Å². The molecule has 0 spiro atoms. The summed E-state index contributed by atoms with van der Waals surface area (Å²) in [5.74, 6) is -0.453. The molecule has 0 aliphatic carbocycles. The molecule has 0 saturated carbocycles. The minimum absolute atomic E-state index is 0.139. The van der Waals surface area contributed by atoms with Gasteiger partial charge in [-0.25, -0.2) is 4.98 Å². The molecule has 6 heteroatoms. The second-order valence-corrected chi connectivity index (χ2v) is 3.49. The molecule has 5 N–H and O–H groups in total. The van der Waals surface area contributed by atoms with E-state index in [4.69, 9.17) is 10.8 Å². The van der Waals surface area contributed by atoms with Crippen LogP contribution in [-0.2, 0) is 4.79 Å². The van der Waals surface area contributed by atoms with Crippen molar-refractivity contribution in [3.05, 3.63) is 30.5 Å². The topological polar surface area (TPSA) is 108 Å². The Kier molecular flexibility index (Phi) is 2.74. The van der Waals surface area contributed by atoms with Crippen molar-refractivity contribution in [3.8, 4) is 11.3 Å². The summed E-state index contributed by atoms with van der Waals surface area (Å²) in [5.41, 5.74) is 7.46. The lowest BCUT2D eigenvalue weighted by Gasteiger charge is -2.04. The minimum Gasteiger partial charge on any atom is -0.481 e. The molecule has 1 unspecified atom stereocenters. The number of carboxylic acids is 1. The number of nitrogens with zero attached hydrogens (tertiary/aromatic N) is 1. The molecule has 0 aliphatic rings. The van der Waals surface area contributed by atoms with E-state index in [0.29, 0.717) is 5.82 Å². The maximum absolute atomic E-state index is 10.5. The minimum atomic E-state index is -0.938. The van der Waals surface area contributed by atoms with Gasteiger partial charge in [0.15, 0.2) is 0 Å². The standard InChI is InChI=1S/C10H12N4O2/c11-7(3-9(15)16)10-13-5-8(14-10)6-1-2-12-4-6/h1-2,4-5,7,12H,3,11H2,(H,13,14)(H,15,16). The molecule has 0 bridgehead atoms. The molecule has 0 aliphatic heterocycles. The van der Waals surface area contributed by atoms with Gasteiger partial charge in [-0.2, -0.15) is 0 Å². The predicted molar refractivity (Wildman–Crippen MR) is 57.6 cm³/mol. The van der Waals surface area contributed by atoms with Gasteiger partial charge in [0.05, 0.1) is 24.4 Å². The zero-order valence-electron chi connectivity index (χ0n) is 8.47. The van der Waals surface area contributed by atoms with Crippen LogP contribution in [0.4, 0.5) is 0 Å². The van der Waals surface area contributed by atoms with Gasteiger partial charge in [0.1, 0.15) is 5.82 Å². The summed E-state index contributed by atoms with van der Waals surface area (Å²) in [7, 11) is 0. The van der Waals surface area contributed by atoms with Crippen LogP contribution in [0.3, 0.4) is 0 Å². The quantitative estimate of drug-likeness (QED) is 0.613. The summed E-state index contributed by atoms with van der Waals surface area (Å²) in [6, 6.07) is 1.28. The van der Waals surface area contributed by atoms with Crippen LogP contribution in [0.1, 0.15) is 18.3 Å². The number of nitrogens with two attached hydrogens (primary N) is 1. The average molecular weight is 220 g/mol. The van der Waals surface area contributed by atoms with E-state index in [0.717, 1.165) is 11.3 Å². The van der Waals surface area contributed by atoms with Gasteiger partial charge in [0, 0.05) is 18.0 Å². The summed E-state index contributed by atoms with van der Waals surface area (Å²) >= 11 is 0. The zero-order chi connectivity index (χ0) is 11.5. The molecule has 0 saturated heterocycles. The van der Waals surface area contributed by atoms with Crippen molar-refractivity contribution < 1.29 is 9.90 Å². The van der Waals surface area contributed by atoms with E-state index in [2.05, 4.69) is 15.0 Å². The normalized spacial score (nSPS) is 12.6. The summed E-state index contributed by atoms with van der Waals surface area (Å²) < 4.78 is 0. The van der Waals surface area contributed by atoms with Gasteiger partial charge in [-0.1, -0.05) is 0 Å². The number of carbonyl (C=O) groups is 1. The van der Waals surface area contributed by atoms with Gasteiger partial charge in [-0.3, -0.25) is 4.79 Å². The predicted octanol–water partition coefficient (Wildman–Crippen LogP) is 0.879. The van der Waals surface area contributed by atoms with Crippen LogP contribution in [0.2, 0.25) is 0 Å². The van der Waals surface area contributed by atoms with Gasteiger partial charge in [-0.15, -0.1) is 0 Å². The van der Waals surface area contributed by atoms with Crippen LogP contribution in [0.15, 0.2) is 24.7 Å². The first kappa shape index (κ1) is 10.4. The molecule has 6 nitrogen and oxygen atoms in total. The van der Waals surface area contributed by atoms with E-state index >= 15 is 0 Å². The van der Waals surface area contributed by atoms with Crippen molar-refractivity contribution in [2.45, 2.75) is 12.5 Å². The number of rotatable bonds is 4. The Labute approximate surface area is 91.5 Å². The number of hydrogen-bond donors (Lipinski definition) is 4. The zero-order valence-corrected chi connectivity index (χ0v) is 8.47. The fourth-order valence-corrected chi connectivity index (χ4v) is 1.45.